The fourth-order valence-corrected chi connectivity index (χ4v) is 18.3. The lowest BCUT2D eigenvalue weighted by molar-refractivity contribution is -0.131. The molecule has 6 amide bonds. The minimum Gasteiger partial charge on any atom is -0.508 e. The van der Waals surface area contributed by atoms with Gasteiger partial charge >= 0.3 is 0 Å². The van der Waals surface area contributed by atoms with Crippen LogP contribution in [0.1, 0.15) is 103 Å². The summed E-state index contributed by atoms with van der Waals surface area (Å²) in [5.74, 6) is 7.91. The molecule has 0 unspecified atom stereocenters. The zero-order valence-electron chi connectivity index (χ0n) is 77.8. The first-order valence-electron chi connectivity index (χ1n) is 44.5. The summed E-state index contributed by atoms with van der Waals surface area (Å²) in [5.41, 5.74) is 8.29. The Bertz CT molecular complexity index is 5100. The molecule has 28 heteroatoms. The Morgan fingerprint density at radius 2 is 0.667 bits per heavy atom. The van der Waals surface area contributed by atoms with Crippen molar-refractivity contribution in [1.82, 2.24) is 29.8 Å². The van der Waals surface area contributed by atoms with Gasteiger partial charge in [0, 0.05) is 192 Å². The van der Waals surface area contributed by atoms with E-state index < -0.39 is 0 Å². The number of hydrogen-bond acceptors (Lipinski definition) is 21. The van der Waals surface area contributed by atoms with Crippen molar-refractivity contribution in [2.24, 2.45) is 0 Å². The largest absolute Gasteiger partial charge is 0.508 e. The number of para-hydroxylation sites is 6. The Kier molecular flexibility index (Phi) is 48.0. The summed E-state index contributed by atoms with van der Waals surface area (Å²) >= 11 is 8.48. The van der Waals surface area contributed by atoms with E-state index in [1.54, 1.807) is 157 Å². The van der Waals surface area contributed by atoms with E-state index in [-0.39, 0.29) is 58.5 Å². The van der Waals surface area contributed by atoms with Gasteiger partial charge in [-0.05, 0) is 243 Å². The first-order valence-corrected chi connectivity index (χ1v) is 49.5. The predicted octanol–water partition coefficient (Wildman–Crippen LogP) is 19.7. The molecule has 0 atom stereocenters. The molecule has 706 valence electrons. The average molecular weight is 1890 g/mol. The third-order valence-electron chi connectivity index (χ3n) is 21.7. The molecule has 22 nitrogen and oxygen atoms in total. The van der Waals surface area contributed by atoms with Crippen LogP contribution in [0.4, 0.5) is 21.5 Å². The Morgan fingerprint density at radius 1 is 0.364 bits per heavy atom. The lowest BCUT2D eigenvalue weighted by atomic mass is 10.1. The minimum atomic E-state index is -0.233. The highest BCUT2D eigenvalue weighted by Gasteiger charge is 2.23. The van der Waals surface area contributed by atoms with Gasteiger partial charge in [0.1, 0.15) is 40.3 Å². The van der Waals surface area contributed by atoms with Crippen LogP contribution >= 0.6 is 58.8 Å². The normalized spacial score (nSPS) is 12.1. The second-order valence-corrected chi connectivity index (χ2v) is 37.4. The SMILES string of the molecule is CN(Cc1ccccc1N1CCOCC1)C(=O)CCCSc1ccc(O)cc1.CN1CCN(c2ccccc2CN(C)C(=O)CCCSc2ccc(O)cc2)CC1.CNC(=O)c1ccc(SCCCC(=O)N(C)Cc2ccccc2OC)cc1.COc1ccccc1CN(C)C(=O)CCCCSc1ccc(O)cc1.COc1ccccc1N(C)C(=O)CCCSc1ccc(F)cc1. The van der Waals surface area contributed by atoms with Crippen molar-refractivity contribution in [2.45, 2.75) is 121 Å². The summed E-state index contributed by atoms with van der Waals surface area (Å²) in [5, 5.41) is 30.5. The maximum absolute atomic E-state index is 12.8. The zero-order valence-corrected chi connectivity index (χ0v) is 81.9. The van der Waals surface area contributed by atoms with Crippen molar-refractivity contribution in [1.29, 1.82) is 0 Å². The fourth-order valence-electron chi connectivity index (χ4n) is 14.0. The molecular weight excluding hydrogens is 1760 g/mol. The van der Waals surface area contributed by atoms with Gasteiger partial charge in [-0.2, -0.15) is 0 Å². The number of unbranched alkanes of at least 4 members (excludes halogenated alkanes) is 1. The van der Waals surface area contributed by atoms with E-state index in [1.165, 1.54) is 34.6 Å². The number of hydrogen-bond donors (Lipinski definition) is 4. The number of halogens is 1. The predicted molar refractivity (Wildman–Crippen MR) is 539 cm³/mol. The van der Waals surface area contributed by atoms with Crippen molar-refractivity contribution in [2.75, 3.05) is 167 Å². The van der Waals surface area contributed by atoms with Gasteiger partial charge in [-0.3, -0.25) is 28.8 Å². The van der Waals surface area contributed by atoms with Crippen molar-refractivity contribution >= 4 is 111 Å². The number of morpholine rings is 1. The minimum absolute atomic E-state index is 0.0502. The van der Waals surface area contributed by atoms with Crippen LogP contribution in [-0.4, -0.2) is 227 Å². The highest BCUT2D eigenvalue weighted by Crippen LogP contribution is 2.32. The number of likely N-dealkylation sites (N-methyl/N-ethyl adjacent to an activating group) is 1. The van der Waals surface area contributed by atoms with E-state index in [9.17, 15) is 48.5 Å². The number of benzene rings is 10. The molecule has 10 aromatic carbocycles. The summed E-state index contributed by atoms with van der Waals surface area (Å²) in [7, 11) is 17.8. The molecule has 132 heavy (non-hydrogen) atoms. The number of nitrogens with one attached hydrogen (secondary N) is 1. The molecule has 2 aliphatic heterocycles. The maximum atomic E-state index is 12.8. The van der Waals surface area contributed by atoms with E-state index in [0.29, 0.717) is 69.6 Å². The average Bonchev–Trinajstić information content (AvgIpc) is 0.826. The monoisotopic (exact) mass is 1890 g/mol. The number of rotatable bonds is 41. The fraction of sp³-hybridized carbons (Fsp3) is 0.365. The van der Waals surface area contributed by atoms with Crippen LogP contribution in [0.15, 0.2) is 267 Å². The van der Waals surface area contributed by atoms with Gasteiger partial charge in [-0.25, -0.2) is 4.39 Å². The quantitative estimate of drug-likeness (QED) is 0.0206. The molecule has 2 fully saturated rings. The van der Waals surface area contributed by atoms with Crippen LogP contribution in [0.25, 0.3) is 0 Å². The highest BCUT2D eigenvalue weighted by atomic mass is 32.2. The number of aromatic hydroxyl groups is 3. The van der Waals surface area contributed by atoms with Crippen LogP contribution < -0.4 is 34.2 Å². The Labute approximate surface area is 801 Å². The third-order valence-corrected chi connectivity index (χ3v) is 27.1. The van der Waals surface area contributed by atoms with Gasteiger partial charge in [0.2, 0.25) is 29.5 Å². The van der Waals surface area contributed by atoms with Crippen LogP contribution in [0.3, 0.4) is 0 Å². The molecule has 0 aromatic heterocycles. The molecule has 10 aromatic rings. The Hall–Kier alpha value is -11.0. The summed E-state index contributed by atoms with van der Waals surface area (Å²) in [4.78, 5) is 94.9. The number of piperazine rings is 1. The lowest BCUT2D eigenvalue weighted by Crippen LogP contribution is -2.45. The van der Waals surface area contributed by atoms with Gasteiger partial charge in [-0.1, -0.05) is 84.9 Å². The van der Waals surface area contributed by atoms with Gasteiger partial charge in [-0.15, -0.1) is 58.8 Å². The highest BCUT2D eigenvalue weighted by molar-refractivity contribution is 8.00. The van der Waals surface area contributed by atoms with E-state index >= 15 is 0 Å². The Balaban J connectivity index is 0.000000204. The number of phenolic OH excluding ortho intramolecular Hbond substituents is 3. The first-order chi connectivity index (χ1) is 63.9. The second-order valence-electron chi connectivity index (χ2n) is 31.5. The number of carbonyl (C=O) groups is 6. The van der Waals surface area contributed by atoms with E-state index in [0.717, 1.165) is 173 Å². The molecule has 0 spiro atoms. The molecule has 2 saturated heterocycles. The Morgan fingerprint density at radius 3 is 1.05 bits per heavy atom. The molecule has 0 radical (unpaired) electrons. The molecular formula is C104H130FN9O13S5. The van der Waals surface area contributed by atoms with Crippen molar-refractivity contribution in [3.05, 3.63) is 276 Å². The number of anilines is 3. The number of nitrogens with zero attached hydrogens (tertiary/aromatic N) is 8. The van der Waals surface area contributed by atoms with Crippen LogP contribution in [-0.2, 0) is 54.9 Å². The van der Waals surface area contributed by atoms with E-state index in [2.05, 4.69) is 69.5 Å². The van der Waals surface area contributed by atoms with Gasteiger partial charge in [0.05, 0.1) is 40.2 Å². The van der Waals surface area contributed by atoms with Crippen molar-refractivity contribution in [3.63, 3.8) is 0 Å². The number of amides is 6. The number of carbonyl (C=O) groups excluding carboxylic acids is 6. The van der Waals surface area contributed by atoms with Crippen molar-refractivity contribution in [3.8, 4) is 34.5 Å². The molecule has 0 bridgehead atoms. The third kappa shape index (κ3) is 38.3. The summed E-state index contributed by atoms with van der Waals surface area (Å²) < 4.78 is 34.2. The van der Waals surface area contributed by atoms with Gasteiger partial charge in [0.15, 0.2) is 0 Å². The van der Waals surface area contributed by atoms with E-state index in [1.807, 2.05) is 178 Å². The summed E-state index contributed by atoms with van der Waals surface area (Å²) in [6.45, 7) is 9.85. The van der Waals surface area contributed by atoms with Crippen LogP contribution in [0.5, 0.6) is 34.5 Å². The van der Waals surface area contributed by atoms with Crippen molar-refractivity contribution < 1.29 is 67.4 Å². The summed E-state index contributed by atoms with van der Waals surface area (Å²) in [6.07, 6.45) is 7.73. The van der Waals surface area contributed by atoms with Gasteiger partial charge in [0.25, 0.3) is 5.91 Å². The van der Waals surface area contributed by atoms with Crippen LogP contribution in [0, 0.1) is 5.82 Å². The molecule has 12 rings (SSSR count). The molecule has 0 aliphatic carbocycles. The molecule has 2 aliphatic rings. The first kappa shape index (κ1) is 106. The number of ether oxygens (including phenoxy) is 4. The number of phenols is 3. The zero-order chi connectivity index (χ0) is 94.8. The van der Waals surface area contributed by atoms with E-state index in [4.69, 9.17) is 18.9 Å². The lowest BCUT2D eigenvalue weighted by Gasteiger charge is -2.35. The summed E-state index contributed by atoms with van der Waals surface area (Å²) in [6, 6.07) is 75.2. The second kappa shape index (κ2) is 59.5. The number of thioether (sulfide) groups is 5. The molecule has 2 heterocycles. The van der Waals surface area contributed by atoms with Gasteiger partial charge < -0.3 is 78.8 Å². The number of methoxy groups -OCH3 is 3. The molecule has 4 N–H and O–H groups in total. The topological polar surface area (TPSA) is 238 Å². The maximum Gasteiger partial charge on any atom is 0.251 e. The van der Waals surface area contributed by atoms with Crippen LogP contribution in [0.2, 0.25) is 0 Å². The standard InChI is InChI=1S/C23H31N3O2S.C22H28N2O3S.C21H26N2O3S.C20H25NO3S.C18H20FNO2S/c1-24-13-15-26(16-14-24)22-7-4-3-6-19(22)18-25(2)23(28)8-5-17-29-21-11-9-20(27)10-12-21;1-23(22(26)7-4-16-28-20-10-8-19(25)9-11-20)17-18-5-2-3-6-21(18)24-12-14-27-15-13-24;1-22-21(25)16-10-12-18(13-11-16)27-14-6-9-20(24)23(2)15-17-7-4-5-8-19(17)26-3;1-21(15-16-7-3-4-8-19(16)24-2)20(23)9-5-6-14-25-18-12-10-17(22)11-13-18;1-20(16-6-3-4-7-17(16)22-2)18(21)8-5-13-23-15-11-9-14(19)10-12-15/h3-4,6-7,9-12,27H,5,8,13-18H2,1-2H3;2-3,5-6,8-11,25H,4,7,12-17H2,1H3;4-5,7-8,10-13H,6,9,14-15H2,1-3H3,(H,22,25);3-4,7-8,10-13,22H,5-6,9,14-15H2,1-2H3;3-4,6-7,9-12H,5,8,13H2,1-2H3. The smallest absolute Gasteiger partial charge is 0.251 e. The molecule has 0 saturated carbocycles.